The second kappa shape index (κ2) is 7.87. The minimum absolute atomic E-state index is 0. The predicted molar refractivity (Wildman–Crippen MR) is 82.2 cm³/mol. The molecule has 1 aromatic rings. The highest BCUT2D eigenvalue weighted by Gasteiger charge is 2.20. The van der Waals surface area contributed by atoms with Crippen LogP contribution >= 0.6 is 12.4 Å². The van der Waals surface area contributed by atoms with Crippen LogP contribution in [0.1, 0.15) is 19.8 Å². The lowest BCUT2D eigenvalue weighted by Crippen LogP contribution is -2.37. The SMILES string of the molecule is CC(=O)Nc1ccc(NC(=O)C2CCCNC2)cc1.Cl. The highest BCUT2D eigenvalue weighted by Crippen LogP contribution is 2.16. The first-order valence-corrected chi connectivity index (χ1v) is 6.54. The molecule has 2 amide bonds. The summed E-state index contributed by atoms with van der Waals surface area (Å²) in [5, 5.41) is 8.81. The Balaban J connectivity index is 0.00000200. The minimum Gasteiger partial charge on any atom is -0.326 e. The van der Waals surface area contributed by atoms with Crippen LogP contribution in [0.15, 0.2) is 24.3 Å². The average molecular weight is 298 g/mol. The highest BCUT2D eigenvalue weighted by molar-refractivity contribution is 5.93. The van der Waals surface area contributed by atoms with Gasteiger partial charge in [0.25, 0.3) is 0 Å². The molecule has 5 nitrogen and oxygen atoms in total. The normalized spacial score (nSPS) is 17.8. The number of hydrogen-bond acceptors (Lipinski definition) is 3. The van der Waals surface area contributed by atoms with Crippen molar-refractivity contribution in [2.24, 2.45) is 5.92 Å². The molecule has 0 spiro atoms. The molecule has 0 saturated carbocycles. The van der Waals surface area contributed by atoms with Crippen molar-refractivity contribution in [2.45, 2.75) is 19.8 Å². The quantitative estimate of drug-likeness (QED) is 0.799. The molecule has 20 heavy (non-hydrogen) atoms. The zero-order chi connectivity index (χ0) is 13.7. The molecule has 0 bridgehead atoms. The molecule has 6 heteroatoms. The molecule has 1 aliphatic rings. The highest BCUT2D eigenvalue weighted by atomic mass is 35.5. The molecular weight excluding hydrogens is 278 g/mol. The van der Waals surface area contributed by atoms with Gasteiger partial charge in [-0.15, -0.1) is 12.4 Å². The summed E-state index contributed by atoms with van der Waals surface area (Å²) in [7, 11) is 0. The van der Waals surface area contributed by atoms with Gasteiger partial charge >= 0.3 is 0 Å². The van der Waals surface area contributed by atoms with Crippen LogP contribution in [-0.2, 0) is 9.59 Å². The Morgan fingerprint density at radius 3 is 2.25 bits per heavy atom. The number of benzene rings is 1. The first kappa shape index (κ1) is 16.5. The van der Waals surface area contributed by atoms with Gasteiger partial charge in [-0.1, -0.05) is 0 Å². The second-order valence-electron chi connectivity index (χ2n) is 4.79. The van der Waals surface area contributed by atoms with Gasteiger partial charge in [0, 0.05) is 24.8 Å². The summed E-state index contributed by atoms with van der Waals surface area (Å²) in [5.41, 5.74) is 1.48. The van der Waals surface area contributed by atoms with Crippen LogP contribution in [0.25, 0.3) is 0 Å². The fourth-order valence-corrected chi connectivity index (χ4v) is 2.16. The van der Waals surface area contributed by atoms with Gasteiger partial charge in [-0.25, -0.2) is 0 Å². The van der Waals surface area contributed by atoms with Gasteiger partial charge in [0.15, 0.2) is 0 Å². The molecule has 0 aromatic heterocycles. The largest absolute Gasteiger partial charge is 0.326 e. The van der Waals surface area contributed by atoms with E-state index in [9.17, 15) is 9.59 Å². The van der Waals surface area contributed by atoms with Crippen LogP contribution in [0.5, 0.6) is 0 Å². The van der Waals surface area contributed by atoms with E-state index in [-0.39, 0.29) is 30.1 Å². The number of rotatable bonds is 3. The summed E-state index contributed by atoms with van der Waals surface area (Å²) in [5.74, 6) is -0.00619. The van der Waals surface area contributed by atoms with E-state index in [1.165, 1.54) is 6.92 Å². The lowest BCUT2D eigenvalue weighted by Gasteiger charge is -2.21. The third-order valence-corrected chi connectivity index (χ3v) is 3.14. The maximum Gasteiger partial charge on any atom is 0.228 e. The molecule has 1 heterocycles. The van der Waals surface area contributed by atoms with Crippen molar-refractivity contribution >= 4 is 35.6 Å². The molecule has 1 fully saturated rings. The molecule has 1 aromatic carbocycles. The van der Waals surface area contributed by atoms with Crippen LogP contribution in [-0.4, -0.2) is 24.9 Å². The molecular formula is C14H20ClN3O2. The molecule has 0 radical (unpaired) electrons. The van der Waals surface area contributed by atoms with Crippen molar-refractivity contribution in [3.8, 4) is 0 Å². The molecule has 0 aliphatic carbocycles. The fraction of sp³-hybridized carbons (Fsp3) is 0.429. The average Bonchev–Trinajstić information content (AvgIpc) is 2.41. The van der Waals surface area contributed by atoms with Gasteiger partial charge in [-0.3, -0.25) is 9.59 Å². The van der Waals surface area contributed by atoms with E-state index in [1.54, 1.807) is 24.3 Å². The molecule has 1 aliphatic heterocycles. The maximum atomic E-state index is 12.0. The Labute approximate surface area is 124 Å². The fourth-order valence-electron chi connectivity index (χ4n) is 2.16. The second-order valence-corrected chi connectivity index (χ2v) is 4.79. The first-order valence-electron chi connectivity index (χ1n) is 6.54. The van der Waals surface area contributed by atoms with Crippen LogP contribution in [0.4, 0.5) is 11.4 Å². The van der Waals surface area contributed by atoms with Gasteiger partial charge in [-0.05, 0) is 43.7 Å². The maximum absolute atomic E-state index is 12.0. The van der Waals surface area contributed by atoms with Crippen molar-refractivity contribution in [1.82, 2.24) is 5.32 Å². The van der Waals surface area contributed by atoms with E-state index >= 15 is 0 Å². The number of halogens is 1. The van der Waals surface area contributed by atoms with E-state index in [0.29, 0.717) is 0 Å². The molecule has 110 valence electrons. The zero-order valence-electron chi connectivity index (χ0n) is 11.4. The number of piperidine rings is 1. The first-order chi connectivity index (χ1) is 9.15. The van der Waals surface area contributed by atoms with Gasteiger partial charge in [-0.2, -0.15) is 0 Å². The molecule has 1 atom stereocenters. The number of carbonyl (C=O) groups excluding carboxylic acids is 2. The van der Waals surface area contributed by atoms with Crippen molar-refractivity contribution in [2.75, 3.05) is 23.7 Å². The summed E-state index contributed by atoms with van der Waals surface area (Å²) in [6, 6.07) is 7.13. The number of carbonyl (C=O) groups is 2. The Kier molecular flexibility index (Phi) is 6.48. The van der Waals surface area contributed by atoms with E-state index in [1.807, 2.05) is 0 Å². The Hall–Kier alpha value is -1.59. The summed E-state index contributed by atoms with van der Waals surface area (Å²) >= 11 is 0. The van der Waals surface area contributed by atoms with E-state index in [4.69, 9.17) is 0 Å². The van der Waals surface area contributed by atoms with Gasteiger partial charge in [0.05, 0.1) is 5.92 Å². The van der Waals surface area contributed by atoms with E-state index < -0.39 is 0 Å². The molecule has 1 saturated heterocycles. The summed E-state index contributed by atoms with van der Waals surface area (Å²) in [6.07, 6.45) is 1.97. The van der Waals surface area contributed by atoms with E-state index in [2.05, 4.69) is 16.0 Å². The van der Waals surface area contributed by atoms with Crippen molar-refractivity contribution in [1.29, 1.82) is 0 Å². The summed E-state index contributed by atoms with van der Waals surface area (Å²) in [6.45, 7) is 3.21. The smallest absolute Gasteiger partial charge is 0.228 e. The predicted octanol–water partition coefficient (Wildman–Crippen LogP) is 2.00. The van der Waals surface area contributed by atoms with Crippen LogP contribution in [0.3, 0.4) is 0 Å². The lowest BCUT2D eigenvalue weighted by molar-refractivity contribution is -0.120. The third kappa shape index (κ3) is 4.83. The number of hydrogen-bond donors (Lipinski definition) is 3. The number of nitrogens with one attached hydrogen (secondary N) is 3. The topological polar surface area (TPSA) is 70.2 Å². The van der Waals surface area contributed by atoms with Crippen molar-refractivity contribution < 1.29 is 9.59 Å². The Morgan fingerprint density at radius 2 is 1.75 bits per heavy atom. The van der Waals surface area contributed by atoms with Crippen LogP contribution < -0.4 is 16.0 Å². The van der Waals surface area contributed by atoms with Crippen molar-refractivity contribution in [3.05, 3.63) is 24.3 Å². The zero-order valence-corrected chi connectivity index (χ0v) is 12.3. The molecule has 1 unspecified atom stereocenters. The standard InChI is InChI=1S/C14H19N3O2.ClH/c1-10(18)16-12-4-6-13(7-5-12)17-14(19)11-3-2-8-15-9-11;/h4-7,11,15H,2-3,8-9H2,1H3,(H,16,18)(H,17,19);1H. The lowest BCUT2D eigenvalue weighted by atomic mass is 9.99. The third-order valence-electron chi connectivity index (χ3n) is 3.14. The van der Waals surface area contributed by atoms with Gasteiger partial charge in [0.1, 0.15) is 0 Å². The van der Waals surface area contributed by atoms with Crippen LogP contribution in [0, 0.1) is 5.92 Å². The monoisotopic (exact) mass is 297 g/mol. The van der Waals surface area contributed by atoms with Crippen LogP contribution in [0.2, 0.25) is 0 Å². The van der Waals surface area contributed by atoms with Gasteiger partial charge < -0.3 is 16.0 Å². The summed E-state index contributed by atoms with van der Waals surface area (Å²) < 4.78 is 0. The van der Waals surface area contributed by atoms with Crippen molar-refractivity contribution in [3.63, 3.8) is 0 Å². The molecule has 3 N–H and O–H groups in total. The Morgan fingerprint density at radius 1 is 1.15 bits per heavy atom. The number of amides is 2. The van der Waals surface area contributed by atoms with Gasteiger partial charge in [0.2, 0.25) is 11.8 Å². The van der Waals surface area contributed by atoms with E-state index in [0.717, 1.165) is 37.3 Å². The molecule has 2 rings (SSSR count). The number of anilines is 2. The Bertz CT molecular complexity index is 456. The minimum atomic E-state index is -0.106. The summed E-state index contributed by atoms with van der Waals surface area (Å²) in [4.78, 5) is 22.9.